The monoisotopic (exact) mass is 322 g/mol. The number of aromatic amines is 1. The van der Waals surface area contributed by atoms with Crippen LogP contribution in [0.1, 0.15) is 17.7 Å². The van der Waals surface area contributed by atoms with E-state index in [2.05, 4.69) is 55.1 Å². The zero-order valence-corrected chi connectivity index (χ0v) is 13.9. The first-order chi connectivity index (χ1) is 11.8. The number of rotatable bonds is 3. The summed E-state index contributed by atoms with van der Waals surface area (Å²) in [5.41, 5.74) is 3.52. The second-order valence-corrected chi connectivity index (χ2v) is 6.39. The molecule has 3 aromatic rings. The minimum atomic E-state index is 0.835. The SMILES string of the molecule is Cc1ccc2n[nH]c(CN3CCCN(c4ncccn4)CC3)c2c1. The van der Waals surface area contributed by atoms with E-state index in [1.165, 1.54) is 16.6 Å². The Bertz CT molecular complexity index is 813. The first kappa shape index (κ1) is 15.1. The van der Waals surface area contributed by atoms with Gasteiger partial charge in [-0.3, -0.25) is 10.00 Å². The predicted octanol–water partition coefficient (Wildman–Crippen LogP) is 2.37. The van der Waals surface area contributed by atoms with Gasteiger partial charge in [-0.05, 0) is 31.5 Å². The number of benzene rings is 1. The average molecular weight is 322 g/mol. The molecule has 1 aromatic carbocycles. The van der Waals surface area contributed by atoms with Crippen LogP contribution < -0.4 is 4.90 Å². The summed E-state index contributed by atoms with van der Waals surface area (Å²) >= 11 is 0. The Morgan fingerprint density at radius 1 is 1.08 bits per heavy atom. The summed E-state index contributed by atoms with van der Waals surface area (Å²) in [6, 6.07) is 8.27. The molecule has 6 heteroatoms. The number of nitrogens with zero attached hydrogens (tertiary/aromatic N) is 5. The normalized spacial score (nSPS) is 16.5. The van der Waals surface area contributed by atoms with Crippen LogP contribution in [0.15, 0.2) is 36.7 Å². The summed E-state index contributed by atoms with van der Waals surface area (Å²) in [5.74, 6) is 0.835. The van der Waals surface area contributed by atoms with Gasteiger partial charge in [0.1, 0.15) is 0 Å². The van der Waals surface area contributed by atoms with Crippen LogP contribution in [0.25, 0.3) is 10.9 Å². The summed E-state index contributed by atoms with van der Waals surface area (Å²) in [6.45, 7) is 7.07. The van der Waals surface area contributed by atoms with Crippen molar-refractivity contribution >= 4 is 16.9 Å². The molecule has 3 heterocycles. The van der Waals surface area contributed by atoms with Gasteiger partial charge in [-0.2, -0.15) is 5.10 Å². The van der Waals surface area contributed by atoms with E-state index in [1.807, 2.05) is 18.5 Å². The molecule has 0 radical (unpaired) electrons. The van der Waals surface area contributed by atoms with E-state index in [0.29, 0.717) is 0 Å². The number of nitrogens with one attached hydrogen (secondary N) is 1. The highest BCUT2D eigenvalue weighted by Gasteiger charge is 2.18. The van der Waals surface area contributed by atoms with Gasteiger partial charge >= 0.3 is 0 Å². The van der Waals surface area contributed by atoms with Gasteiger partial charge in [0, 0.05) is 50.5 Å². The van der Waals surface area contributed by atoms with Gasteiger partial charge in [0.05, 0.1) is 11.2 Å². The smallest absolute Gasteiger partial charge is 0.225 e. The Morgan fingerprint density at radius 2 is 1.96 bits per heavy atom. The van der Waals surface area contributed by atoms with Crippen molar-refractivity contribution in [1.82, 2.24) is 25.1 Å². The Morgan fingerprint density at radius 3 is 2.83 bits per heavy atom. The molecule has 124 valence electrons. The molecule has 1 fully saturated rings. The van der Waals surface area contributed by atoms with Crippen LogP contribution in [-0.4, -0.2) is 51.2 Å². The lowest BCUT2D eigenvalue weighted by Gasteiger charge is -2.21. The number of aryl methyl sites for hydroxylation is 1. The number of hydrogen-bond donors (Lipinski definition) is 1. The maximum absolute atomic E-state index is 4.43. The molecule has 0 spiro atoms. The van der Waals surface area contributed by atoms with Crippen LogP contribution in [0, 0.1) is 6.92 Å². The maximum atomic E-state index is 4.43. The second-order valence-electron chi connectivity index (χ2n) is 6.39. The van der Waals surface area contributed by atoms with E-state index < -0.39 is 0 Å². The molecule has 24 heavy (non-hydrogen) atoms. The van der Waals surface area contributed by atoms with Crippen molar-refractivity contribution in [2.24, 2.45) is 0 Å². The van der Waals surface area contributed by atoms with E-state index in [0.717, 1.165) is 50.6 Å². The number of hydrogen-bond acceptors (Lipinski definition) is 5. The highest BCUT2D eigenvalue weighted by Crippen LogP contribution is 2.20. The lowest BCUT2D eigenvalue weighted by Crippen LogP contribution is -2.31. The fourth-order valence-electron chi connectivity index (χ4n) is 3.30. The highest BCUT2D eigenvalue weighted by atomic mass is 15.3. The van der Waals surface area contributed by atoms with Crippen molar-refractivity contribution in [1.29, 1.82) is 0 Å². The predicted molar refractivity (Wildman–Crippen MR) is 95.0 cm³/mol. The molecule has 6 nitrogen and oxygen atoms in total. The molecule has 0 amide bonds. The van der Waals surface area contributed by atoms with Gasteiger partial charge in [0.25, 0.3) is 0 Å². The molecule has 1 saturated heterocycles. The molecular formula is C18H22N6. The van der Waals surface area contributed by atoms with Crippen molar-refractivity contribution in [3.8, 4) is 0 Å². The molecule has 0 bridgehead atoms. The van der Waals surface area contributed by atoms with Crippen molar-refractivity contribution in [3.63, 3.8) is 0 Å². The van der Waals surface area contributed by atoms with Crippen molar-refractivity contribution in [3.05, 3.63) is 47.9 Å². The Kier molecular flexibility index (Phi) is 4.13. The first-order valence-corrected chi connectivity index (χ1v) is 8.47. The van der Waals surface area contributed by atoms with E-state index in [9.17, 15) is 0 Å². The van der Waals surface area contributed by atoms with E-state index >= 15 is 0 Å². The second kappa shape index (κ2) is 6.57. The van der Waals surface area contributed by atoms with E-state index in [4.69, 9.17) is 0 Å². The third kappa shape index (κ3) is 3.10. The summed E-state index contributed by atoms with van der Waals surface area (Å²) in [4.78, 5) is 13.5. The van der Waals surface area contributed by atoms with Gasteiger partial charge < -0.3 is 4.90 Å². The molecule has 2 aromatic heterocycles. The van der Waals surface area contributed by atoms with Gasteiger partial charge in [-0.15, -0.1) is 0 Å². The summed E-state index contributed by atoms with van der Waals surface area (Å²) in [5, 5.41) is 8.89. The van der Waals surface area contributed by atoms with E-state index in [1.54, 1.807) is 0 Å². The Labute approximate surface area is 141 Å². The summed E-state index contributed by atoms with van der Waals surface area (Å²) in [6.07, 6.45) is 4.73. The summed E-state index contributed by atoms with van der Waals surface area (Å²) < 4.78 is 0. The maximum Gasteiger partial charge on any atom is 0.225 e. The fraction of sp³-hybridized carbons (Fsp3) is 0.389. The molecular weight excluding hydrogens is 300 g/mol. The van der Waals surface area contributed by atoms with Crippen molar-refractivity contribution in [2.45, 2.75) is 19.9 Å². The molecule has 1 aliphatic heterocycles. The molecule has 0 saturated carbocycles. The lowest BCUT2D eigenvalue weighted by molar-refractivity contribution is 0.283. The van der Waals surface area contributed by atoms with Crippen LogP contribution in [0.4, 0.5) is 5.95 Å². The number of H-pyrrole nitrogens is 1. The van der Waals surface area contributed by atoms with E-state index in [-0.39, 0.29) is 0 Å². The van der Waals surface area contributed by atoms with Crippen LogP contribution in [0.5, 0.6) is 0 Å². The number of aromatic nitrogens is 4. The number of anilines is 1. The fourth-order valence-corrected chi connectivity index (χ4v) is 3.30. The van der Waals surface area contributed by atoms with Crippen LogP contribution >= 0.6 is 0 Å². The largest absolute Gasteiger partial charge is 0.339 e. The lowest BCUT2D eigenvalue weighted by atomic mass is 10.1. The minimum Gasteiger partial charge on any atom is -0.339 e. The molecule has 1 aliphatic rings. The van der Waals surface area contributed by atoms with Gasteiger partial charge in [0.15, 0.2) is 0 Å². The summed E-state index contributed by atoms with van der Waals surface area (Å²) in [7, 11) is 0. The molecule has 0 unspecified atom stereocenters. The first-order valence-electron chi connectivity index (χ1n) is 8.47. The van der Waals surface area contributed by atoms with Crippen LogP contribution in [0.2, 0.25) is 0 Å². The third-order valence-electron chi connectivity index (χ3n) is 4.59. The van der Waals surface area contributed by atoms with Gasteiger partial charge in [-0.25, -0.2) is 9.97 Å². The quantitative estimate of drug-likeness (QED) is 0.802. The molecule has 0 atom stereocenters. The zero-order valence-electron chi connectivity index (χ0n) is 13.9. The standard InChI is InChI=1S/C18H22N6/c1-14-4-5-16-15(12-14)17(22-21-16)13-23-8-3-9-24(11-10-23)18-19-6-2-7-20-18/h2,4-7,12H,3,8-11,13H2,1H3,(H,21,22). The third-order valence-corrected chi connectivity index (χ3v) is 4.59. The Hall–Kier alpha value is -2.47. The minimum absolute atomic E-state index is 0.835. The average Bonchev–Trinajstić information content (AvgIpc) is 2.85. The van der Waals surface area contributed by atoms with Crippen molar-refractivity contribution in [2.75, 3.05) is 31.1 Å². The molecule has 0 aliphatic carbocycles. The highest BCUT2D eigenvalue weighted by molar-refractivity contribution is 5.81. The zero-order chi connectivity index (χ0) is 16.4. The topological polar surface area (TPSA) is 60.9 Å². The van der Waals surface area contributed by atoms with Crippen molar-refractivity contribution < 1.29 is 0 Å². The van der Waals surface area contributed by atoms with Gasteiger partial charge in [0.2, 0.25) is 5.95 Å². The Balaban J connectivity index is 1.46. The molecule has 1 N–H and O–H groups in total. The van der Waals surface area contributed by atoms with Gasteiger partial charge in [-0.1, -0.05) is 11.6 Å². The molecule has 4 rings (SSSR count). The van der Waals surface area contributed by atoms with Crippen LogP contribution in [-0.2, 0) is 6.54 Å². The van der Waals surface area contributed by atoms with Crippen LogP contribution in [0.3, 0.4) is 0 Å². The number of fused-ring (bicyclic) bond motifs is 1.